The Morgan fingerprint density at radius 2 is 2.12 bits per heavy atom. The highest BCUT2D eigenvalue weighted by molar-refractivity contribution is 5.77. The van der Waals surface area contributed by atoms with E-state index in [1.54, 1.807) is 7.05 Å². The van der Waals surface area contributed by atoms with Crippen LogP contribution >= 0.6 is 0 Å². The summed E-state index contributed by atoms with van der Waals surface area (Å²) in [5, 5.41) is 2.70. The maximum absolute atomic E-state index is 11.5. The Morgan fingerprint density at radius 1 is 1.41 bits per heavy atom. The Labute approximate surface area is 102 Å². The van der Waals surface area contributed by atoms with Gasteiger partial charge in [0.05, 0.1) is 6.61 Å². The van der Waals surface area contributed by atoms with Gasteiger partial charge in [-0.3, -0.25) is 4.79 Å². The molecule has 1 N–H and O–H groups in total. The first-order valence-electron chi connectivity index (χ1n) is 6.07. The molecule has 1 heterocycles. The fourth-order valence-corrected chi connectivity index (χ4v) is 2.48. The molecule has 0 aromatic heterocycles. The van der Waals surface area contributed by atoms with Crippen LogP contribution in [0, 0.1) is 13.8 Å². The number of aryl methyl sites for hydroxylation is 2. The van der Waals surface area contributed by atoms with Crippen molar-refractivity contribution < 1.29 is 9.53 Å². The van der Waals surface area contributed by atoms with Crippen LogP contribution in [-0.4, -0.2) is 19.6 Å². The van der Waals surface area contributed by atoms with E-state index in [2.05, 4.69) is 31.3 Å². The molecule has 0 fully saturated rings. The zero-order valence-electron chi connectivity index (χ0n) is 10.7. The lowest BCUT2D eigenvalue weighted by Gasteiger charge is -2.28. The number of ether oxygens (including phenoxy) is 1. The number of benzene rings is 1. The van der Waals surface area contributed by atoms with Crippen LogP contribution < -0.4 is 10.1 Å². The molecule has 0 saturated heterocycles. The zero-order valence-corrected chi connectivity index (χ0v) is 10.7. The van der Waals surface area contributed by atoms with Crippen molar-refractivity contribution in [3.8, 4) is 5.75 Å². The minimum absolute atomic E-state index is 0.101. The van der Waals surface area contributed by atoms with Gasteiger partial charge in [0.15, 0.2) is 0 Å². The summed E-state index contributed by atoms with van der Waals surface area (Å²) < 4.78 is 5.75. The molecule has 0 spiro atoms. The SMILES string of the molecule is CNC(=O)CC1CCOc2c(C)ccc(C)c21. The third-order valence-electron chi connectivity index (χ3n) is 3.44. The van der Waals surface area contributed by atoms with Crippen molar-refractivity contribution in [1.82, 2.24) is 5.32 Å². The van der Waals surface area contributed by atoms with Crippen LogP contribution in [0.2, 0.25) is 0 Å². The second-order valence-corrected chi connectivity index (χ2v) is 4.65. The minimum atomic E-state index is 0.101. The van der Waals surface area contributed by atoms with Gasteiger partial charge in [-0.15, -0.1) is 0 Å². The molecule has 2 rings (SSSR count). The van der Waals surface area contributed by atoms with Crippen LogP contribution in [0.1, 0.15) is 35.4 Å². The predicted molar refractivity (Wildman–Crippen MR) is 67.5 cm³/mol. The van der Waals surface area contributed by atoms with Crippen LogP contribution in [0.5, 0.6) is 5.75 Å². The predicted octanol–water partition coefficient (Wildman–Crippen LogP) is 2.31. The number of carbonyl (C=O) groups is 1. The molecule has 3 nitrogen and oxygen atoms in total. The van der Waals surface area contributed by atoms with Gasteiger partial charge >= 0.3 is 0 Å². The van der Waals surface area contributed by atoms with Gasteiger partial charge in [-0.25, -0.2) is 0 Å². The van der Waals surface area contributed by atoms with Crippen LogP contribution in [0.3, 0.4) is 0 Å². The Kier molecular flexibility index (Phi) is 3.36. The highest BCUT2D eigenvalue weighted by Gasteiger charge is 2.26. The van der Waals surface area contributed by atoms with E-state index < -0.39 is 0 Å². The van der Waals surface area contributed by atoms with Gasteiger partial charge in [0.25, 0.3) is 0 Å². The summed E-state index contributed by atoms with van der Waals surface area (Å²) in [6.45, 7) is 4.85. The second kappa shape index (κ2) is 4.78. The number of amides is 1. The molecule has 0 aliphatic carbocycles. The first-order valence-corrected chi connectivity index (χ1v) is 6.07. The van der Waals surface area contributed by atoms with Gasteiger partial charge in [0.1, 0.15) is 5.75 Å². The van der Waals surface area contributed by atoms with Crippen LogP contribution in [-0.2, 0) is 4.79 Å². The fraction of sp³-hybridized carbons (Fsp3) is 0.500. The lowest BCUT2D eigenvalue weighted by molar-refractivity contribution is -0.121. The number of hydrogen-bond acceptors (Lipinski definition) is 2. The van der Waals surface area contributed by atoms with E-state index >= 15 is 0 Å². The van der Waals surface area contributed by atoms with Crippen molar-refractivity contribution in [3.63, 3.8) is 0 Å². The molecular formula is C14H19NO2. The molecule has 1 aliphatic heterocycles. The van der Waals surface area contributed by atoms with Gasteiger partial charge in [-0.2, -0.15) is 0 Å². The molecule has 17 heavy (non-hydrogen) atoms. The van der Waals surface area contributed by atoms with E-state index in [0.717, 1.165) is 17.7 Å². The van der Waals surface area contributed by atoms with Crippen LogP contribution in [0.15, 0.2) is 12.1 Å². The third-order valence-corrected chi connectivity index (χ3v) is 3.44. The maximum atomic E-state index is 11.5. The van der Waals surface area contributed by atoms with Gasteiger partial charge < -0.3 is 10.1 Å². The first-order chi connectivity index (χ1) is 8.13. The lowest BCUT2D eigenvalue weighted by Crippen LogP contribution is -2.24. The summed E-state index contributed by atoms with van der Waals surface area (Å²) in [5.74, 6) is 1.38. The number of rotatable bonds is 2. The van der Waals surface area contributed by atoms with E-state index in [0.29, 0.717) is 18.9 Å². The Hall–Kier alpha value is -1.51. The highest BCUT2D eigenvalue weighted by atomic mass is 16.5. The Bertz CT molecular complexity index is 440. The summed E-state index contributed by atoms with van der Waals surface area (Å²) >= 11 is 0. The van der Waals surface area contributed by atoms with E-state index in [1.165, 1.54) is 11.1 Å². The largest absolute Gasteiger partial charge is 0.493 e. The topological polar surface area (TPSA) is 38.3 Å². The normalized spacial score (nSPS) is 18.2. The summed E-state index contributed by atoms with van der Waals surface area (Å²) in [6.07, 6.45) is 1.47. The molecule has 1 aromatic carbocycles. The van der Waals surface area contributed by atoms with Crippen molar-refractivity contribution in [2.24, 2.45) is 0 Å². The maximum Gasteiger partial charge on any atom is 0.220 e. The number of hydrogen-bond donors (Lipinski definition) is 1. The molecule has 0 saturated carbocycles. The molecule has 92 valence electrons. The monoisotopic (exact) mass is 233 g/mol. The van der Waals surface area contributed by atoms with E-state index in [1.807, 2.05) is 0 Å². The second-order valence-electron chi connectivity index (χ2n) is 4.65. The van der Waals surface area contributed by atoms with Gasteiger partial charge in [-0.1, -0.05) is 12.1 Å². The molecule has 1 atom stereocenters. The standard InChI is InChI=1S/C14H19NO2/c1-9-4-5-10(2)14-13(9)11(6-7-17-14)8-12(16)15-3/h4-5,11H,6-8H2,1-3H3,(H,15,16). The molecule has 1 amide bonds. The smallest absolute Gasteiger partial charge is 0.220 e. The highest BCUT2D eigenvalue weighted by Crippen LogP contribution is 2.39. The van der Waals surface area contributed by atoms with Crippen molar-refractivity contribution in [3.05, 3.63) is 28.8 Å². The Morgan fingerprint density at radius 3 is 2.82 bits per heavy atom. The van der Waals surface area contributed by atoms with E-state index in [-0.39, 0.29) is 5.91 Å². The molecular weight excluding hydrogens is 214 g/mol. The molecule has 1 unspecified atom stereocenters. The van der Waals surface area contributed by atoms with Gasteiger partial charge in [0.2, 0.25) is 5.91 Å². The van der Waals surface area contributed by atoms with Crippen LogP contribution in [0.4, 0.5) is 0 Å². The van der Waals surface area contributed by atoms with Gasteiger partial charge in [0, 0.05) is 19.0 Å². The number of nitrogens with one attached hydrogen (secondary N) is 1. The zero-order chi connectivity index (χ0) is 12.4. The molecule has 3 heteroatoms. The van der Waals surface area contributed by atoms with Crippen LogP contribution in [0.25, 0.3) is 0 Å². The van der Waals surface area contributed by atoms with Gasteiger partial charge in [-0.05, 0) is 37.3 Å². The Balaban J connectivity index is 2.36. The van der Waals surface area contributed by atoms with Crippen molar-refractivity contribution in [2.75, 3.05) is 13.7 Å². The van der Waals surface area contributed by atoms with Crippen molar-refractivity contribution in [2.45, 2.75) is 32.6 Å². The average Bonchev–Trinajstić information content (AvgIpc) is 2.34. The number of carbonyl (C=O) groups excluding carboxylic acids is 1. The summed E-state index contributed by atoms with van der Waals surface area (Å²) in [6, 6.07) is 4.19. The lowest BCUT2D eigenvalue weighted by atomic mass is 9.85. The molecule has 0 bridgehead atoms. The summed E-state index contributed by atoms with van der Waals surface area (Å²) in [4.78, 5) is 11.5. The van der Waals surface area contributed by atoms with E-state index in [9.17, 15) is 4.79 Å². The average molecular weight is 233 g/mol. The quantitative estimate of drug-likeness (QED) is 0.851. The van der Waals surface area contributed by atoms with E-state index in [4.69, 9.17) is 4.74 Å². The van der Waals surface area contributed by atoms with Crippen molar-refractivity contribution >= 4 is 5.91 Å². The third kappa shape index (κ3) is 2.28. The molecule has 1 aromatic rings. The van der Waals surface area contributed by atoms with Crippen molar-refractivity contribution in [1.29, 1.82) is 0 Å². The fourth-order valence-electron chi connectivity index (χ4n) is 2.48. The summed E-state index contributed by atoms with van der Waals surface area (Å²) in [5.41, 5.74) is 3.60. The molecule has 1 aliphatic rings. The minimum Gasteiger partial charge on any atom is -0.493 e. The summed E-state index contributed by atoms with van der Waals surface area (Å²) in [7, 11) is 1.69. The number of fused-ring (bicyclic) bond motifs is 1. The molecule has 0 radical (unpaired) electrons. The first kappa shape index (κ1) is 12.0.